The molecule has 2 atom stereocenters. The highest BCUT2D eigenvalue weighted by atomic mass is 32.2. The van der Waals surface area contributed by atoms with Crippen LogP contribution in [0.4, 0.5) is 11.4 Å². The fourth-order valence-corrected chi connectivity index (χ4v) is 4.94. The van der Waals surface area contributed by atoms with Gasteiger partial charge in [0.1, 0.15) is 5.75 Å². The molecule has 0 radical (unpaired) electrons. The van der Waals surface area contributed by atoms with E-state index in [2.05, 4.69) is 5.32 Å². The van der Waals surface area contributed by atoms with E-state index in [4.69, 9.17) is 9.47 Å². The first kappa shape index (κ1) is 22.7. The molecule has 0 aliphatic carbocycles. The number of nitrogens with zero attached hydrogens (tertiary/aromatic N) is 2. The molecule has 1 aliphatic heterocycles. The fourth-order valence-electron chi connectivity index (χ4n) is 3.35. The van der Waals surface area contributed by atoms with Gasteiger partial charge in [-0.3, -0.25) is 14.9 Å². The SMILES string of the molecule is COc1cc([N+](=O)[O-])ccc1NC(=O)c1ccc(S(=O)(=O)N2C[C@H](C)O[C@@H](C)C2)cc1. The van der Waals surface area contributed by atoms with Crippen LogP contribution in [0.5, 0.6) is 5.75 Å². The molecule has 10 nitrogen and oxygen atoms in total. The number of hydrogen-bond donors (Lipinski definition) is 1. The number of sulfonamides is 1. The Labute approximate surface area is 180 Å². The van der Waals surface area contributed by atoms with E-state index in [0.29, 0.717) is 0 Å². The van der Waals surface area contributed by atoms with Gasteiger partial charge >= 0.3 is 0 Å². The summed E-state index contributed by atoms with van der Waals surface area (Å²) in [6, 6.07) is 9.40. The number of hydrogen-bond acceptors (Lipinski definition) is 7. The minimum atomic E-state index is -3.72. The van der Waals surface area contributed by atoms with Crippen LogP contribution in [0, 0.1) is 10.1 Å². The van der Waals surface area contributed by atoms with E-state index in [9.17, 15) is 23.3 Å². The molecule has 0 saturated carbocycles. The summed E-state index contributed by atoms with van der Waals surface area (Å²) >= 11 is 0. The Balaban J connectivity index is 1.77. The van der Waals surface area contributed by atoms with E-state index in [1.54, 1.807) is 0 Å². The lowest BCUT2D eigenvalue weighted by Crippen LogP contribution is -2.48. The molecular weight excluding hydrogens is 426 g/mol. The van der Waals surface area contributed by atoms with Crippen LogP contribution in [-0.4, -0.2) is 56.0 Å². The molecule has 1 aliphatic rings. The number of methoxy groups -OCH3 is 1. The van der Waals surface area contributed by atoms with Gasteiger partial charge in [0.15, 0.2) is 0 Å². The second kappa shape index (κ2) is 9.00. The molecule has 1 fully saturated rings. The van der Waals surface area contributed by atoms with Crippen molar-refractivity contribution in [2.24, 2.45) is 0 Å². The normalized spacial score (nSPS) is 19.6. The van der Waals surface area contributed by atoms with Gasteiger partial charge in [-0.05, 0) is 44.2 Å². The maximum atomic E-state index is 12.9. The van der Waals surface area contributed by atoms with Crippen molar-refractivity contribution in [2.45, 2.75) is 31.0 Å². The number of nitro benzene ring substituents is 1. The number of non-ortho nitro benzene ring substituents is 1. The van der Waals surface area contributed by atoms with Gasteiger partial charge in [0, 0.05) is 24.7 Å². The minimum absolute atomic E-state index is 0.0817. The summed E-state index contributed by atoms with van der Waals surface area (Å²) in [6.45, 7) is 4.15. The van der Waals surface area contributed by atoms with Crippen LogP contribution in [0.3, 0.4) is 0 Å². The first-order chi connectivity index (χ1) is 14.6. The third-order valence-corrected chi connectivity index (χ3v) is 6.63. The summed E-state index contributed by atoms with van der Waals surface area (Å²) in [5.41, 5.74) is 0.310. The molecule has 3 rings (SSSR count). The zero-order chi connectivity index (χ0) is 22.8. The summed E-state index contributed by atoms with van der Waals surface area (Å²) in [7, 11) is -2.38. The maximum absolute atomic E-state index is 12.9. The summed E-state index contributed by atoms with van der Waals surface area (Å²) in [5.74, 6) is -0.373. The van der Waals surface area contributed by atoms with Crippen LogP contribution in [0.2, 0.25) is 0 Å². The van der Waals surface area contributed by atoms with Crippen molar-refractivity contribution in [1.29, 1.82) is 0 Å². The average Bonchev–Trinajstić information content (AvgIpc) is 2.73. The number of benzene rings is 2. The second-order valence-electron chi connectivity index (χ2n) is 7.20. The Morgan fingerprint density at radius 1 is 1.16 bits per heavy atom. The average molecular weight is 449 g/mol. The van der Waals surface area contributed by atoms with E-state index in [-0.39, 0.29) is 52.9 Å². The number of nitrogens with one attached hydrogen (secondary N) is 1. The summed E-state index contributed by atoms with van der Waals surface area (Å²) in [6.07, 6.45) is -0.416. The van der Waals surface area contributed by atoms with Gasteiger partial charge < -0.3 is 14.8 Å². The lowest BCUT2D eigenvalue weighted by atomic mass is 10.2. The highest BCUT2D eigenvalue weighted by molar-refractivity contribution is 7.89. The van der Waals surface area contributed by atoms with Crippen molar-refractivity contribution in [3.63, 3.8) is 0 Å². The Morgan fingerprint density at radius 3 is 2.32 bits per heavy atom. The molecule has 2 aromatic carbocycles. The quantitative estimate of drug-likeness (QED) is 0.530. The molecule has 2 aromatic rings. The third-order valence-electron chi connectivity index (χ3n) is 4.78. The molecule has 0 aromatic heterocycles. The van der Waals surface area contributed by atoms with E-state index in [1.165, 1.54) is 53.9 Å². The molecule has 0 unspecified atom stereocenters. The van der Waals surface area contributed by atoms with Gasteiger partial charge in [-0.2, -0.15) is 4.31 Å². The van der Waals surface area contributed by atoms with Gasteiger partial charge in [0.05, 0.1) is 40.9 Å². The Kier molecular flexibility index (Phi) is 6.58. The molecule has 1 saturated heterocycles. The van der Waals surface area contributed by atoms with E-state index in [0.717, 1.165) is 0 Å². The molecule has 1 amide bonds. The molecule has 166 valence electrons. The molecule has 1 N–H and O–H groups in total. The Bertz CT molecular complexity index is 1080. The fraction of sp³-hybridized carbons (Fsp3) is 0.350. The largest absolute Gasteiger partial charge is 0.494 e. The van der Waals surface area contributed by atoms with Crippen molar-refractivity contribution in [2.75, 3.05) is 25.5 Å². The van der Waals surface area contributed by atoms with Crippen molar-refractivity contribution < 1.29 is 27.6 Å². The van der Waals surface area contributed by atoms with Crippen LogP contribution in [0.1, 0.15) is 24.2 Å². The van der Waals surface area contributed by atoms with Crippen molar-refractivity contribution >= 4 is 27.3 Å². The van der Waals surface area contributed by atoms with E-state index >= 15 is 0 Å². The van der Waals surface area contributed by atoms with E-state index < -0.39 is 20.9 Å². The van der Waals surface area contributed by atoms with Crippen LogP contribution < -0.4 is 10.1 Å². The smallest absolute Gasteiger partial charge is 0.273 e. The zero-order valence-electron chi connectivity index (χ0n) is 17.3. The van der Waals surface area contributed by atoms with Crippen LogP contribution >= 0.6 is 0 Å². The van der Waals surface area contributed by atoms with Crippen LogP contribution in [-0.2, 0) is 14.8 Å². The number of ether oxygens (including phenoxy) is 2. The number of amides is 1. The number of anilines is 1. The predicted octanol–water partition coefficient (Wildman–Crippen LogP) is 2.65. The molecule has 11 heteroatoms. The van der Waals surface area contributed by atoms with Crippen LogP contribution in [0.15, 0.2) is 47.4 Å². The number of carbonyl (C=O) groups excluding carboxylic acids is 1. The highest BCUT2D eigenvalue weighted by Crippen LogP contribution is 2.29. The van der Waals surface area contributed by atoms with Gasteiger partial charge in [-0.15, -0.1) is 0 Å². The Hall–Kier alpha value is -3.02. The molecule has 1 heterocycles. The molecule has 0 spiro atoms. The van der Waals surface area contributed by atoms with Gasteiger partial charge in [0.2, 0.25) is 10.0 Å². The summed E-state index contributed by atoms with van der Waals surface area (Å²) in [4.78, 5) is 23.0. The summed E-state index contributed by atoms with van der Waals surface area (Å²) in [5, 5.41) is 13.5. The lowest BCUT2D eigenvalue weighted by molar-refractivity contribution is -0.384. The van der Waals surface area contributed by atoms with Crippen molar-refractivity contribution in [3.8, 4) is 5.75 Å². The molecule has 31 heavy (non-hydrogen) atoms. The second-order valence-corrected chi connectivity index (χ2v) is 9.14. The summed E-state index contributed by atoms with van der Waals surface area (Å²) < 4.78 is 37.9. The molecular formula is C20H23N3O7S. The Morgan fingerprint density at radius 2 is 1.77 bits per heavy atom. The van der Waals surface area contributed by atoms with Gasteiger partial charge in [0.25, 0.3) is 11.6 Å². The first-order valence-corrected chi connectivity index (χ1v) is 10.9. The monoisotopic (exact) mass is 449 g/mol. The zero-order valence-corrected chi connectivity index (χ0v) is 18.1. The number of nitro groups is 1. The number of rotatable bonds is 6. The third kappa shape index (κ3) is 5.01. The number of morpholine rings is 1. The van der Waals surface area contributed by atoms with Gasteiger partial charge in [-0.25, -0.2) is 8.42 Å². The number of carbonyl (C=O) groups is 1. The van der Waals surface area contributed by atoms with Crippen molar-refractivity contribution in [3.05, 3.63) is 58.1 Å². The van der Waals surface area contributed by atoms with Crippen molar-refractivity contribution in [1.82, 2.24) is 4.31 Å². The highest BCUT2D eigenvalue weighted by Gasteiger charge is 2.32. The minimum Gasteiger partial charge on any atom is -0.494 e. The van der Waals surface area contributed by atoms with E-state index in [1.807, 2.05) is 13.8 Å². The first-order valence-electron chi connectivity index (χ1n) is 9.51. The standard InChI is InChI=1S/C20H23N3O7S/c1-13-11-22(12-14(2)30-13)31(27,28)17-7-4-15(5-8-17)20(24)21-18-9-6-16(23(25)26)10-19(18)29-3/h4-10,13-14H,11-12H2,1-3H3,(H,21,24)/t13-,14-/m0/s1. The van der Waals surface area contributed by atoms with Gasteiger partial charge in [-0.1, -0.05) is 0 Å². The molecule has 0 bridgehead atoms. The topological polar surface area (TPSA) is 128 Å². The lowest BCUT2D eigenvalue weighted by Gasteiger charge is -2.34. The predicted molar refractivity (Wildman–Crippen MR) is 113 cm³/mol. The van der Waals surface area contributed by atoms with Crippen LogP contribution in [0.25, 0.3) is 0 Å². The maximum Gasteiger partial charge on any atom is 0.273 e.